The highest BCUT2D eigenvalue weighted by Gasteiger charge is 2.37. The Morgan fingerprint density at radius 3 is 1.20 bits per heavy atom. The van der Waals surface area contributed by atoms with Crippen molar-refractivity contribution < 1.29 is 42.7 Å². The first-order valence-electron chi connectivity index (χ1n) is 17.9. The van der Waals surface area contributed by atoms with E-state index in [0.29, 0.717) is 33.9 Å². The van der Waals surface area contributed by atoms with Crippen LogP contribution in [0, 0.1) is 0 Å². The normalized spacial score (nSPS) is 13.6. The molecular formula is C46H42O9. The van der Waals surface area contributed by atoms with Crippen molar-refractivity contribution in [3.05, 3.63) is 138 Å². The molecule has 0 spiro atoms. The van der Waals surface area contributed by atoms with Gasteiger partial charge in [0.1, 0.15) is 11.9 Å². The molecule has 0 radical (unpaired) electrons. The lowest BCUT2D eigenvalue weighted by Gasteiger charge is -2.29. The Morgan fingerprint density at radius 1 is 0.455 bits per heavy atom. The van der Waals surface area contributed by atoms with Gasteiger partial charge in [0.15, 0.2) is 29.8 Å². The molecule has 0 aliphatic heterocycles. The van der Waals surface area contributed by atoms with Crippen LogP contribution >= 0.6 is 0 Å². The molecule has 9 nitrogen and oxygen atoms in total. The maximum atomic E-state index is 14.6. The van der Waals surface area contributed by atoms with Gasteiger partial charge in [-0.2, -0.15) is 0 Å². The minimum Gasteiger partial charge on any atom is -0.496 e. The lowest BCUT2D eigenvalue weighted by atomic mass is 9.93. The van der Waals surface area contributed by atoms with Gasteiger partial charge in [-0.3, -0.25) is 0 Å². The van der Waals surface area contributed by atoms with E-state index >= 15 is 0 Å². The number of carbonyl (C=O) groups excluding carboxylic acids is 2. The molecule has 280 valence electrons. The van der Waals surface area contributed by atoms with Crippen LogP contribution in [0.25, 0.3) is 43.1 Å². The van der Waals surface area contributed by atoms with Gasteiger partial charge in [-0.05, 0) is 68.2 Å². The van der Waals surface area contributed by atoms with Crippen LogP contribution in [0.5, 0.6) is 17.2 Å². The Labute approximate surface area is 319 Å². The molecule has 9 heteroatoms. The largest absolute Gasteiger partial charge is 0.496 e. The molecule has 0 aliphatic rings. The van der Waals surface area contributed by atoms with Crippen LogP contribution in [0.2, 0.25) is 0 Å². The van der Waals surface area contributed by atoms with E-state index in [0.717, 1.165) is 43.1 Å². The second kappa shape index (κ2) is 16.1. The van der Waals surface area contributed by atoms with Gasteiger partial charge in [0.05, 0.1) is 21.3 Å². The second-order valence-corrected chi connectivity index (χ2v) is 13.1. The summed E-state index contributed by atoms with van der Waals surface area (Å²) in [6, 6.07) is 38.7. The van der Waals surface area contributed by atoms with Crippen molar-refractivity contribution in [2.75, 3.05) is 35.5 Å². The summed E-state index contributed by atoms with van der Waals surface area (Å²) in [5, 5.41) is 7.18. The Bertz CT molecular complexity index is 2420. The fourth-order valence-electron chi connectivity index (χ4n) is 7.51. The molecule has 0 N–H and O–H groups in total. The van der Waals surface area contributed by atoms with E-state index in [1.807, 2.05) is 97.1 Å². The minimum atomic E-state index is -1.20. The number of rotatable bonds is 13. The van der Waals surface area contributed by atoms with E-state index in [1.165, 1.54) is 35.5 Å². The van der Waals surface area contributed by atoms with E-state index in [-0.39, 0.29) is 0 Å². The van der Waals surface area contributed by atoms with Gasteiger partial charge in [-0.25, -0.2) is 9.59 Å². The summed E-state index contributed by atoms with van der Waals surface area (Å²) in [6.45, 7) is 1.66. The van der Waals surface area contributed by atoms with Crippen molar-refractivity contribution in [2.24, 2.45) is 0 Å². The van der Waals surface area contributed by atoms with Crippen LogP contribution in [-0.4, -0.2) is 53.6 Å². The van der Waals surface area contributed by atoms with Crippen molar-refractivity contribution in [3.8, 4) is 17.2 Å². The molecule has 0 aliphatic carbocycles. The molecule has 7 aromatic carbocycles. The average molecular weight is 739 g/mol. The summed E-state index contributed by atoms with van der Waals surface area (Å²) >= 11 is 0. The van der Waals surface area contributed by atoms with Gasteiger partial charge in [-0.1, -0.05) is 97.1 Å². The summed E-state index contributed by atoms with van der Waals surface area (Å²) in [5.41, 5.74) is 1.72. The lowest BCUT2D eigenvalue weighted by molar-refractivity contribution is -0.180. The van der Waals surface area contributed by atoms with Crippen molar-refractivity contribution in [3.63, 3.8) is 0 Å². The van der Waals surface area contributed by atoms with Crippen molar-refractivity contribution in [2.45, 2.75) is 31.3 Å². The molecule has 4 atom stereocenters. The standard InChI is InChI=1S/C46H42O9/c1-27(54-45(47)43(52-5)40-32-19-11-7-15-28(32)23-29-16-8-12-20-33(29)40)42(36-25-38(50-3)39(51-4)26-37(36)49-2)55-46(48)44(53-6)41-34-21-13-9-17-30(34)24-31-18-10-14-22-35(31)41/h7-27,42-44H,1-6H3/t27-,42-,43?,44?/m1/s1. The molecule has 0 bridgehead atoms. The molecule has 0 fully saturated rings. The van der Waals surface area contributed by atoms with Gasteiger partial charge in [0.25, 0.3) is 0 Å². The van der Waals surface area contributed by atoms with Gasteiger partial charge in [0.2, 0.25) is 0 Å². The maximum absolute atomic E-state index is 14.6. The molecule has 0 amide bonds. The summed E-state index contributed by atoms with van der Waals surface area (Å²) in [4.78, 5) is 29.0. The number of methoxy groups -OCH3 is 5. The maximum Gasteiger partial charge on any atom is 0.340 e. The zero-order valence-electron chi connectivity index (χ0n) is 31.5. The van der Waals surface area contributed by atoms with Crippen LogP contribution in [0.15, 0.2) is 121 Å². The van der Waals surface area contributed by atoms with E-state index < -0.39 is 36.4 Å². The summed E-state index contributed by atoms with van der Waals surface area (Å²) in [5.74, 6) is -0.279. The van der Waals surface area contributed by atoms with Crippen molar-refractivity contribution in [1.82, 2.24) is 0 Å². The number of hydrogen-bond donors (Lipinski definition) is 0. The molecule has 0 saturated heterocycles. The third-order valence-electron chi connectivity index (χ3n) is 10.1. The van der Waals surface area contributed by atoms with E-state index in [4.69, 9.17) is 33.2 Å². The second-order valence-electron chi connectivity index (χ2n) is 13.1. The number of hydrogen-bond acceptors (Lipinski definition) is 9. The zero-order chi connectivity index (χ0) is 38.6. The molecular weight excluding hydrogens is 696 g/mol. The Kier molecular flexibility index (Phi) is 10.9. The lowest BCUT2D eigenvalue weighted by Crippen LogP contribution is -2.31. The highest BCUT2D eigenvalue weighted by molar-refractivity contribution is 6.06. The van der Waals surface area contributed by atoms with E-state index in [1.54, 1.807) is 19.1 Å². The summed E-state index contributed by atoms with van der Waals surface area (Å²) in [7, 11) is 7.45. The SMILES string of the molecule is COc1cc(OC)c([C@H](OC(=O)C(OC)c2c3ccccc3cc3ccccc23)[C@@H](C)OC(=O)C(OC)c2c3ccccc3cc3ccccc23)cc1OC. The highest BCUT2D eigenvalue weighted by atomic mass is 16.6. The first-order valence-corrected chi connectivity index (χ1v) is 17.9. The van der Waals surface area contributed by atoms with Gasteiger partial charge in [0, 0.05) is 37.0 Å². The first kappa shape index (κ1) is 37.2. The van der Waals surface area contributed by atoms with Crippen LogP contribution in [0.4, 0.5) is 0 Å². The van der Waals surface area contributed by atoms with Crippen LogP contribution in [0.3, 0.4) is 0 Å². The fraction of sp³-hybridized carbons (Fsp3) is 0.217. The number of esters is 2. The molecule has 0 heterocycles. The monoisotopic (exact) mass is 738 g/mol. The predicted octanol–water partition coefficient (Wildman–Crippen LogP) is 9.62. The number of fused-ring (bicyclic) bond motifs is 4. The van der Waals surface area contributed by atoms with E-state index in [9.17, 15) is 9.59 Å². The predicted molar refractivity (Wildman–Crippen MR) is 213 cm³/mol. The first-order chi connectivity index (χ1) is 26.8. The number of carbonyl (C=O) groups is 2. The van der Waals surface area contributed by atoms with Crippen LogP contribution < -0.4 is 14.2 Å². The smallest absolute Gasteiger partial charge is 0.340 e. The van der Waals surface area contributed by atoms with Crippen LogP contribution in [0.1, 0.15) is 41.9 Å². The number of benzene rings is 7. The molecule has 7 rings (SSSR count). The third kappa shape index (κ3) is 7.00. The topological polar surface area (TPSA) is 98.8 Å². The average Bonchev–Trinajstić information content (AvgIpc) is 3.22. The Balaban J connectivity index is 1.31. The van der Waals surface area contributed by atoms with Crippen molar-refractivity contribution >= 4 is 55.0 Å². The highest BCUT2D eigenvalue weighted by Crippen LogP contribution is 2.43. The quantitative estimate of drug-likeness (QED) is 0.0846. The zero-order valence-corrected chi connectivity index (χ0v) is 31.5. The molecule has 0 aromatic heterocycles. The molecule has 55 heavy (non-hydrogen) atoms. The van der Waals surface area contributed by atoms with Gasteiger partial charge < -0.3 is 33.2 Å². The van der Waals surface area contributed by atoms with Gasteiger partial charge in [-0.15, -0.1) is 0 Å². The molecule has 7 aromatic rings. The Morgan fingerprint density at radius 2 is 0.818 bits per heavy atom. The van der Waals surface area contributed by atoms with Crippen molar-refractivity contribution in [1.29, 1.82) is 0 Å². The van der Waals surface area contributed by atoms with E-state index in [2.05, 4.69) is 12.1 Å². The Hall–Kier alpha value is -6.16. The summed E-state index contributed by atoms with van der Waals surface area (Å²) < 4.78 is 41.6. The number of ether oxygens (including phenoxy) is 7. The van der Waals surface area contributed by atoms with Crippen LogP contribution in [-0.2, 0) is 28.5 Å². The summed E-state index contributed by atoms with van der Waals surface area (Å²) in [6.07, 6.45) is -4.53. The molecule has 2 unspecified atom stereocenters. The third-order valence-corrected chi connectivity index (χ3v) is 10.1. The fourth-order valence-corrected chi connectivity index (χ4v) is 7.51. The molecule has 0 saturated carbocycles. The van der Waals surface area contributed by atoms with Gasteiger partial charge >= 0.3 is 11.9 Å². The minimum absolute atomic E-state index is 0.325.